The summed E-state index contributed by atoms with van der Waals surface area (Å²) in [7, 11) is 0. The van der Waals surface area contributed by atoms with Crippen LogP contribution in [0, 0.1) is 25.7 Å². The maximum atomic E-state index is 12.9. The van der Waals surface area contributed by atoms with Crippen LogP contribution in [-0.2, 0) is 0 Å². The minimum atomic E-state index is -1.05. The maximum absolute atomic E-state index is 12.9. The number of carbonyl (C=O) groups excluding carboxylic acids is 1. The number of rotatable bonds is 2. The van der Waals surface area contributed by atoms with Gasteiger partial charge in [-0.3, -0.25) is 4.79 Å². The van der Waals surface area contributed by atoms with E-state index in [0.29, 0.717) is 18.7 Å². The van der Waals surface area contributed by atoms with Gasteiger partial charge in [-0.05, 0) is 63.1 Å². The molecule has 0 unspecified atom stereocenters. The first kappa shape index (κ1) is 20.0. The predicted molar refractivity (Wildman–Crippen MR) is 114 cm³/mol. The number of carbonyl (C=O) groups is 1. The van der Waals surface area contributed by atoms with Crippen molar-refractivity contribution in [3.8, 4) is 11.8 Å². The molecule has 1 N–H and O–H groups in total. The Kier molecular flexibility index (Phi) is 5.76. The highest BCUT2D eigenvalue weighted by Gasteiger charge is 2.23. The Balaban J connectivity index is 1.68. The van der Waals surface area contributed by atoms with Crippen LogP contribution in [0.5, 0.6) is 0 Å². The Morgan fingerprint density at radius 1 is 1.04 bits per heavy atom. The molecule has 3 rings (SSSR count). The fourth-order valence-corrected chi connectivity index (χ4v) is 3.35. The minimum absolute atomic E-state index is 0.0347. The van der Waals surface area contributed by atoms with Gasteiger partial charge < -0.3 is 14.9 Å². The van der Waals surface area contributed by atoms with E-state index in [1.165, 1.54) is 16.8 Å². The first-order valence-corrected chi connectivity index (χ1v) is 9.70. The average molecular weight is 377 g/mol. The lowest BCUT2D eigenvalue weighted by atomic mass is 10.1. The molecule has 0 bridgehead atoms. The lowest BCUT2D eigenvalue weighted by Gasteiger charge is -2.37. The second-order valence-electron chi connectivity index (χ2n) is 7.96. The van der Waals surface area contributed by atoms with Gasteiger partial charge in [-0.25, -0.2) is 0 Å². The van der Waals surface area contributed by atoms with Gasteiger partial charge in [0.25, 0.3) is 5.91 Å². The molecule has 0 saturated carbocycles. The fraction of sp³-hybridized carbons (Fsp3) is 0.375. The van der Waals surface area contributed by atoms with Crippen molar-refractivity contribution in [2.75, 3.05) is 31.1 Å². The molecule has 1 amide bonds. The summed E-state index contributed by atoms with van der Waals surface area (Å²) >= 11 is 0. The van der Waals surface area contributed by atoms with Gasteiger partial charge in [0.2, 0.25) is 0 Å². The number of amides is 1. The van der Waals surface area contributed by atoms with E-state index >= 15 is 0 Å². The Bertz CT molecular complexity index is 924. The third kappa shape index (κ3) is 4.94. The molecule has 1 saturated heterocycles. The van der Waals surface area contributed by atoms with Crippen molar-refractivity contribution in [2.24, 2.45) is 0 Å². The van der Waals surface area contributed by atoms with E-state index < -0.39 is 5.60 Å². The van der Waals surface area contributed by atoms with Gasteiger partial charge in [0.05, 0.1) is 0 Å². The predicted octanol–water partition coefficient (Wildman–Crippen LogP) is 3.39. The lowest BCUT2D eigenvalue weighted by Crippen LogP contribution is -2.49. The molecule has 0 atom stereocenters. The van der Waals surface area contributed by atoms with Crippen LogP contribution >= 0.6 is 0 Å². The van der Waals surface area contributed by atoms with Crippen molar-refractivity contribution in [3.63, 3.8) is 0 Å². The molecule has 0 spiro atoms. The number of aryl methyl sites for hydroxylation is 2. The van der Waals surface area contributed by atoms with Crippen LogP contribution in [0.3, 0.4) is 0 Å². The van der Waals surface area contributed by atoms with Crippen LogP contribution in [0.25, 0.3) is 0 Å². The van der Waals surface area contributed by atoms with Crippen molar-refractivity contribution < 1.29 is 9.90 Å². The highest BCUT2D eigenvalue weighted by Crippen LogP contribution is 2.23. The monoisotopic (exact) mass is 376 g/mol. The largest absolute Gasteiger partial charge is 0.378 e. The van der Waals surface area contributed by atoms with E-state index in [4.69, 9.17) is 0 Å². The lowest BCUT2D eigenvalue weighted by molar-refractivity contribution is 0.0746. The van der Waals surface area contributed by atoms with Crippen LogP contribution in [0.2, 0.25) is 0 Å². The highest BCUT2D eigenvalue weighted by atomic mass is 16.3. The Hall–Kier alpha value is -2.77. The zero-order chi connectivity index (χ0) is 20.3. The molecule has 0 aliphatic carbocycles. The van der Waals surface area contributed by atoms with Crippen molar-refractivity contribution >= 4 is 11.6 Å². The van der Waals surface area contributed by atoms with E-state index in [-0.39, 0.29) is 5.91 Å². The van der Waals surface area contributed by atoms with Gasteiger partial charge in [-0.15, -0.1) is 0 Å². The van der Waals surface area contributed by atoms with Crippen molar-refractivity contribution in [2.45, 2.75) is 33.3 Å². The average Bonchev–Trinajstić information content (AvgIpc) is 2.67. The molecule has 1 fully saturated rings. The van der Waals surface area contributed by atoms with E-state index in [1.54, 1.807) is 19.9 Å². The first-order chi connectivity index (χ1) is 13.2. The number of hydrogen-bond acceptors (Lipinski definition) is 3. The molecular weight excluding hydrogens is 348 g/mol. The molecule has 0 aromatic heterocycles. The fourth-order valence-electron chi connectivity index (χ4n) is 3.35. The number of anilines is 1. The molecule has 28 heavy (non-hydrogen) atoms. The molecule has 146 valence electrons. The first-order valence-electron chi connectivity index (χ1n) is 9.70. The third-order valence-corrected chi connectivity index (χ3v) is 4.89. The summed E-state index contributed by atoms with van der Waals surface area (Å²) in [5.74, 6) is 5.77. The van der Waals surface area contributed by atoms with Gasteiger partial charge in [0.1, 0.15) is 5.60 Å². The zero-order valence-electron chi connectivity index (χ0n) is 17.1. The van der Waals surface area contributed by atoms with Gasteiger partial charge in [0, 0.05) is 43.0 Å². The Morgan fingerprint density at radius 2 is 1.75 bits per heavy atom. The van der Waals surface area contributed by atoms with E-state index in [1.807, 2.05) is 23.1 Å². The summed E-state index contributed by atoms with van der Waals surface area (Å²) in [6.07, 6.45) is 0. The molecule has 1 heterocycles. The molecule has 4 nitrogen and oxygen atoms in total. The summed E-state index contributed by atoms with van der Waals surface area (Å²) < 4.78 is 0. The molecular formula is C24H28N2O2. The Morgan fingerprint density at radius 3 is 2.43 bits per heavy atom. The topological polar surface area (TPSA) is 43.8 Å². The second kappa shape index (κ2) is 8.08. The molecule has 2 aromatic rings. The number of aliphatic hydroxyl groups is 1. The van der Waals surface area contributed by atoms with E-state index in [9.17, 15) is 9.90 Å². The summed E-state index contributed by atoms with van der Waals surface area (Å²) in [6, 6.07) is 13.8. The van der Waals surface area contributed by atoms with E-state index in [0.717, 1.165) is 18.7 Å². The minimum Gasteiger partial charge on any atom is -0.378 e. The van der Waals surface area contributed by atoms with Crippen LogP contribution in [0.4, 0.5) is 5.69 Å². The summed E-state index contributed by atoms with van der Waals surface area (Å²) in [5.41, 5.74) is 4.11. The van der Waals surface area contributed by atoms with Gasteiger partial charge >= 0.3 is 0 Å². The zero-order valence-corrected chi connectivity index (χ0v) is 17.1. The van der Waals surface area contributed by atoms with Crippen molar-refractivity contribution in [1.82, 2.24) is 4.90 Å². The van der Waals surface area contributed by atoms with Crippen LogP contribution in [-0.4, -0.2) is 47.7 Å². The summed E-state index contributed by atoms with van der Waals surface area (Å²) in [4.78, 5) is 17.2. The van der Waals surface area contributed by atoms with Crippen LogP contribution in [0.15, 0.2) is 42.5 Å². The number of piperazine rings is 1. The maximum Gasteiger partial charge on any atom is 0.254 e. The number of benzene rings is 2. The molecule has 1 aliphatic rings. The SMILES string of the molecule is Cc1ccc(C)c(N2CCN(C(=O)c3cccc(C#CC(C)(C)O)c3)CC2)c1. The number of nitrogens with zero attached hydrogens (tertiary/aromatic N) is 2. The normalized spacial score (nSPS) is 14.5. The summed E-state index contributed by atoms with van der Waals surface area (Å²) in [5, 5.41) is 9.76. The number of hydrogen-bond donors (Lipinski definition) is 1. The second-order valence-corrected chi connectivity index (χ2v) is 7.96. The van der Waals surface area contributed by atoms with Gasteiger partial charge in [-0.2, -0.15) is 0 Å². The van der Waals surface area contributed by atoms with Crippen LogP contribution in [0.1, 0.15) is 40.9 Å². The van der Waals surface area contributed by atoms with Gasteiger partial charge in [-0.1, -0.05) is 30.0 Å². The van der Waals surface area contributed by atoms with Crippen LogP contribution < -0.4 is 4.90 Å². The summed E-state index contributed by atoms with van der Waals surface area (Å²) in [6.45, 7) is 10.6. The molecule has 2 aromatic carbocycles. The van der Waals surface area contributed by atoms with Crippen molar-refractivity contribution in [1.29, 1.82) is 0 Å². The molecule has 0 radical (unpaired) electrons. The van der Waals surface area contributed by atoms with Gasteiger partial charge in [0.15, 0.2) is 0 Å². The highest BCUT2D eigenvalue weighted by molar-refractivity contribution is 5.94. The molecule has 1 aliphatic heterocycles. The Labute approximate surface area is 167 Å². The standard InChI is InChI=1S/C24H28N2O2/c1-18-8-9-19(2)22(16-18)25-12-14-26(15-13-25)23(27)21-7-5-6-20(17-21)10-11-24(3,4)28/h5-9,16-17,28H,12-15H2,1-4H3. The van der Waals surface area contributed by atoms with Crippen molar-refractivity contribution in [3.05, 3.63) is 64.7 Å². The van der Waals surface area contributed by atoms with E-state index in [2.05, 4.69) is 48.8 Å². The third-order valence-electron chi connectivity index (χ3n) is 4.89. The quantitative estimate of drug-likeness (QED) is 0.817. The smallest absolute Gasteiger partial charge is 0.254 e. The molecule has 4 heteroatoms.